The Hall–Kier alpha value is -0.590. The lowest BCUT2D eigenvalue weighted by Gasteiger charge is -2.27. The number of nitrogens with zero attached hydrogens (tertiary/aromatic N) is 1. The molecule has 0 saturated carbocycles. The van der Waals surface area contributed by atoms with E-state index in [-0.39, 0.29) is 11.5 Å². The molecule has 3 atom stereocenters. The van der Waals surface area contributed by atoms with E-state index < -0.39 is 0 Å². The second-order valence-corrected chi connectivity index (χ2v) is 4.39. The highest BCUT2D eigenvalue weighted by Crippen LogP contribution is 2.49. The van der Waals surface area contributed by atoms with Crippen LogP contribution >= 0.6 is 0 Å². The quantitative estimate of drug-likeness (QED) is 0.643. The number of nitriles is 1. The smallest absolute Gasteiger partial charge is 0.0860 e. The van der Waals surface area contributed by atoms with Crippen LogP contribution in [-0.2, 0) is 9.47 Å². The molecule has 3 nitrogen and oxygen atoms in total. The number of hydrogen-bond acceptors (Lipinski definition) is 3. The molecule has 2 rings (SSSR count). The highest BCUT2D eigenvalue weighted by atomic mass is 16.5. The van der Waals surface area contributed by atoms with Crippen LogP contribution in [0.15, 0.2) is 0 Å². The lowest BCUT2D eigenvalue weighted by Crippen LogP contribution is -2.31. The zero-order valence-electron chi connectivity index (χ0n) is 8.66. The van der Waals surface area contributed by atoms with E-state index in [2.05, 4.69) is 6.07 Å². The molecule has 2 aliphatic heterocycles. The Morgan fingerprint density at radius 3 is 2.93 bits per heavy atom. The summed E-state index contributed by atoms with van der Waals surface area (Å²) in [5, 5.41) is 9.27. The molecule has 0 radical (unpaired) electrons. The first-order chi connectivity index (χ1) is 6.80. The maximum absolute atomic E-state index is 9.27. The maximum Gasteiger partial charge on any atom is 0.0860 e. The summed E-state index contributed by atoms with van der Waals surface area (Å²) in [6, 6.07) is 2.49. The Morgan fingerprint density at radius 2 is 2.43 bits per heavy atom. The summed E-state index contributed by atoms with van der Waals surface area (Å²) in [7, 11) is 1.70. The molecule has 0 N–H and O–H groups in total. The van der Waals surface area contributed by atoms with E-state index in [1.807, 2.05) is 0 Å². The van der Waals surface area contributed by atoms with Crippen LogP contribution < -0.4 is 0 Å². The molecule has 2 fully saturated rings. The first kappa shape index (κ1) is 9.95. The van der Waals surface area contributed by atoms with Crippen molar-refractivity contribution in [1.82, 2.24) is 0 Å². The zero-order valence-corrected chi connectivity index (χ0v) is 8.66. The Bertz CT molecular complexity index is 248. The van der Waals surface area contributed by atoms with E-state index in [9.17, 15) is 5.26 Å². The molecule has 78 valence electrons. The summed E-state index contributed by atoms with van der Waals surface area (Å²) in [5.41, 5.74) is -0.193. The first-order valence-electron chi connectivity index (χ1n) is 5.36. The van der Waals surface area contributed by atoms with Gasteiger partial charge in [0.05, 0.1) is 23.7 Å². The van der Waals surface area contributed by atoms with Crippen molar-refractivity contribution in [1.29, 1.82) is 5.26 Å². The molecule has 2 saturated heterocycles. The topological polar surface area (TPSA) is 42.2 Å². The largest absolute Gasteiger partial charge is 0.385 e. The predicted octanol–water partition coefficient (Wildman–Crippen LogP) is 1.87. The van der Waals surface area contributed by atoms with Crippen LogP contribution in [0.25, 0.3) is 0 Å². The van der Waals surface area contributed by atoms with Gasteiger partial charge in [-0.1, -0.05) is 0 Å². The molecule has 0 amide bonds. The third-order valence-corrected chi connectivity index (χ3v) is 3.51. The zero-order chi connectivity index (χ0) is 10.0. The first-order valence-corrected chi connectivity index (χ1v) is 5.36. The predicted molar refractivity (Wildman–Crippen MR) is 51.7 cm³/mol. The van der Waals surface area contributed by atoms with E-state index in [1.165, 1.54) is 0 Å². The van der Waals surface area contributed by atoms with Crippen LogP contribution in [0.4, 0.5) is 0 Å². The fraction of sp³-hybridized carbons (Fsp3) is 0.909. The van der Waals surface area contributed by atoms with E-state index in [0.717, 1.165) is 38.7 Å². The summed E-state index contributed by atoms with van der Waals surface area (Å²) >= 11 is 0. The average Bonchev–Trinajstić information content (AvgIpc) is 2.78. The summed E-state index contributed by atoms with van der Waals surface area (Å²) in [5.74, 6) is 0. The minimum atomic E-state index is -0.193. The maximum atomic E-state index is 9.27. The molecule has 3 unspecified atom stereocenters. The van der Waals surface area contributed by atoms with E-state index >= 15 is 0 Å². The van der Waals surface area contributed by atoms with E-state index in [0.29, 0.717) is 6.10 Å². The van der Waals surface area contributed by atoms with Crippen LogP contribution in [0.1, 0.15) is 32.1 Å². The summed E-state index contributed by atoms with van der Waals surface area (Å²) in [4.78, 5) is 0. The van der Waals surface area contributed by atoms with Crippen molar-refractivity contribution in [3.05, 3.63) is 0 Å². The number of methoxy groups -OCH3 is 1. The van der Waals surface area contributed by atoms with Crippen LogP contribution in [0, 0.1) is 16.7 Å². The van der Waals surface area contributed by atoms with Crippen molar-refractivity contribution in [2.24, 2.45) is 5.41 Å². The van der Waals surface area contributed by atoms with Gasteiger partial charge in [0.1, 0.15) is 0 Å². The number of hydrogen-bond donors (Lipinski definition) is 0. The number of ether oxygens (including phenoxy) is 2. The summed E-state index contributed by atoms with van der Waals surface area (Å²) in [6.07, 6.45) is 5.63. The van der Waals surface area contributed by atoms with Crippen molar-refractivity contribution >= 4 is 0 Å². The normalized spacial score (nSPS) is 40.0. The average molecular weight is 195 g/mol. The third-order valence-electron chi connectivity index (χ3n) is 3.51. The molecule has 14 heavy (non-hydrogen) atoms. The standard InChI is InChI=1S/C11H17NO2/c1-13-6-2-5-11(8-12)7-9-3-4-10(11)14-9/h9-10H,2-7H2,1H3. The van der Waals surface area contributed by atoms with Crippen LogP contribution in [0.3, 0.4) is 0 Å². The highest BCUT2D eigenvalue weighted by molar-refractivity contribution is 5.12. The lowest BCUT2D eigenvalue weighted by molar-refractivity contribution is 0.0725. The van der Waals surface area contributed by atoms with Crippen molar-refractivity contribution in [3.63, 3.8) is 0 Å². The molecule has 3 heteroatoms. The van der Waals surface area contributed by atoms with Gasteiger partial charge in [0.2, 0.25) is 0 Å². The molecule has 0 aromatic heterocycles. The van der Waals surface area contributed by atoms with Crippen LogP contribution in [0.5, 0.6) is 0 Å². The monoisotopic (exact) mass is 195 g/mol. The van der Waals surface area contributed by atoms with Gasteiger partial charge in [-0.05, 0) is 32.1 Å². The lowest BCUT2D eigenvalue weighted by atomic mass is 9.72. The van der Waals surface area contributed by atoms with Crippen LogP contribution in [-0.4, -0.2) is 25.9 Å². The fourth-order valence-electron chi connectivity index (χ4n) is 2.77. The molecule has 0 aromatic carbocycles. The van der Waals surface area contributed by atoms with Gasteiger partial charge >= 0.3 is 0 Å². The fourth-order valence-corrected chi connectivity index (χ4v) is 2.77. The Balaban J connectivity index is 1.95. The Morgan fingerprint density at radius 1 is 1.57 bits per heavy atom. The molecule has 0 aromatic rings. The third kappa shape index (κ3) is 1.53. The summed E-state index contributed by atoms with van der Waals surface area (Å²) < 4.78 is 10.8. The van der Waals surface area contributed by atoms with Gasteiger partial charge in [-0.2, -0.15) is 5.26 Å². The number of fused-ring (bicyclic) bond motifs is 2. The van der Waals surface area contributed by atoms with Crippen molar-refractivity contribution in [2.45, 2.75) is 44.3 Å². The molecular formula is C11H17NO2. The molecule has 0 spiro atoms. The van der Waals surface area contributed by atoms with Gasteiger partial charge in [-0.25, -0.2) is 0 Å². The van der Waals surface area contributed by atoms with Gasteiger partial charge in [-0.15, -0.1) is 0 Å². The van der Waals surface area contributed by atoms with E-state index in [1.54, 1.807) is 7.11 Å². The van der Waals surface area contributed by atoms with Gasteiger partial charge in [0.25, 0.3) is 0 Å². The van der Waals surface area contributed by atoms with Gasteiger partial charge in [0, 0.05) is 13.7 Å². The van der Waals surface area contributed by atoms with Crippen molar-refractivity contribution in [3.8, 4) is 6.07 Å². The van der Waals surface area contributed by atoms with Gasteiger partial charge in [-0.3, -0.25) is 0 Å². The Labute approximate surface area is 85.0 Å². The van der Waals surface area contributed by atoms with Gasteiger partial charge in [0.15, 0.2) is 0 Å². The van der Waals surface area contributed by atoms with Crippen molar-refractivity contribution in [2.75, 3.05) is 13.7 Å². The second-order valence-electron chi connectivity index (χ2n) is 4.39. The summed E-state index contributed by atoms with van der Waals surface area (Å²) in [6.45, 7) is 0.751. The minimum absolute atomic E-state index is 0.193. The molecular weight excluding hydrogens is 178 g/mol. The molecule has 2 bridgehead atoms. The van der Waals surface area contributed by atoms with Crippen LogP contribution in [0.2, 0.25) is 0 Å². The van der Waals surface area contributed by atoms with Crippen molar-refractivity contribution < 1.29 is 9.47 Å². The number of rotatable bonds is 4. The molecule has 0 aliphatic carbocycles. The SMILES string of the molecule is COCCCC1(C#N)CC2CCC1O2. The Kier molecular flexibility index (Phi) is 2.76. The molecule has 2 aliphatic rings. The molecule has 2 heterocycles. The van der Waals surface area contributed by atoms with Gasteiger partial charge < -0.3 is 9.47 Å². The second kappa shape index (κ2) is 3.88. The highest BCUT2D eigenvalue weighted by Gasteiger charge is 2.52. The minimum Gasteiger partial charge on any atom is -0.385 e. The van der Waals surface area contributed by atoms with E-state index in [4.69, 9.17) is 9.47 Å².